The first-order valence-corrected chi connectivity index (χ1v) is 7.62. The van der Waals surface area contributed by atoms with Gasteiger partial charge in [0.1, 0.15) is 6.04 Å². The Kier molecular flexibility index (Phi) is 6.43. The van der Waals surface area contributed by atoms with Crippen LogP contribution in [0.3, 0.4) is 0 Å². The quantitative estimate of drug-likeness (QED) is 0.572. The number of urea groups is 1. The fraction of sp³-hybridized carbons (Fsp3) is 0.727. The molecular formula is C11H18N2O6S. The highest BCUT2D eigenvalue weighted by Crippen LogP contribution is 2.08. The number of nitrogens with one attached hydrogen (secondary N) is 2. The van der Waals surface area contributed by atoms with E-state index in [4.69, 9.17) is 5.11 Å². The Morgan fingerprint density at radius 2 is 1.95 bits per heavy atom. The third-order valence-electron chi connectivity index (χ3n) is 2.93. The molecule has 20 heavy (non-hydrogen) atoms. The van der Waals surface area contributed by atoms with Crippen molar-refractivity contribution in [2.24, 2.45) is 0 Å². The molecule has 1 heterocycles. The number of aliphatic carboxylic acids is 1. The molecule has 0 unspecified atom stereocenters. The lowest BCUT2D eigenvalue weighted by atomic mass is 10.1. The van der Waals surface area contributed by atoms with Gasteiger partial charge in [-0.25, -0.2) is 9.59 Å². The van der Waals surface area contributed by atoms with Gasteiger partial charge in [-0.1, -0.05) is 0 Å². The molecule has 1 fully saturated rings. The number of carboxylic acids is 1. The maximum absolute atomic E-state index is 11.7. The minimum absolute atomic E-state index is 0.125. The van der Waals surface area contributed by atoms with Crippen molar-refractivity contribution in [3.05, 3.63) is 0 Å². The zero-order valence-corrected chi connectivity index (χ0v) is 11.9. The van der Waals surface area contributed by atoms with Crippen LogP contribution in [-0.4, -0.2) is 58.0 Å². The second-order valence-electron chi connectivity index (χ2n) is 4.41. The number of hydrogen-bond acceptors (Lipinski definition) is 5. The van der Waals surface area contributed by atoms with Crippen molar-refractivity contribution in [1.82, 2.24) is 10.6 Å². The molecule has 0 aromatic rings. The average Bonchev–Trinajstić information content (AvgIpc) is 2.40. The predicted molar refractivity (Wildman–Crippen MR) is 70.6 cm³/mol. The molecule has 1 atom stereocenters. The van der Waals surface area contributed by atoms with Gasteiger partial charge in [0.2, 0.25) is 0 Å². The number of carbonyl (C=O) groups is 3. The van der Waals surface area contributed by atoms with E-state index in [2.05, 4.69) is 15.4 Å². The minimum atomic E-state index is -1.33. The number of amides is 2. The smallest absolute Gasteiger partial charge is 0.326 e. The summed E-state index contributed by atoms with van der Waals surface area (Å²) in [7, 11) is 0.312. The van der Waals surface area contributed by atoms with Crippen LogP contribution in [0.4, 0.5) is 4.79 Å². The Balaban J connectivity index is 2.43. The van der Waals surface area contributed by atoms with Crippen molar-refractivity contribution in [2.75, 3.05) is 18.6 Å². The number of rotatable bonds is 5. The number of carboxylic acid groups (broad SMARTS) is 1. The molecule has 1 rings (SSSR count). The van der Waals surface area contributed by atoms with Gasteiger partial charge in [-0.2, -0.15) is 0 Å². The maximum atomic E-state index is 11.7. The van der Waals surface area contributed by atoms with Crippen LogP contribution in [0.2, 0.25) is 0 Å². The lowest BCUT2D eigenvalue weighted by molar-refractivity contribution is -0.147. The molecule has 1 saturated heterocycles. The van der Waals surface area contributed by atoms with E-state index >= 15 is 0 Å². The molecule has 1 aliphatic heterocycles. The summed E-state index contributed by atoms with van der Waals surface area (Å²) in [5.41, 5.74) is 0. The highest BCUT2D eigenvalue weighted by molar-refractivity contribution is 7.85. The second-order valence-corrected chi connectivity index (χ2v) is 6.11. The Bertz CT molecular complexity index is 404. The van der Waals surface area contributed by atoms with Crippen LogP contribution in [0.5, 0.6) is 0 Å². The number of ether oxygens (including phenoxy) is 1. The van der Waals surface area contributed by atoms with E-state index in [1.54, 1.807) is 0 Å². The van der Waals surface area contributed by atoms with Gasteiger partial charge in [0.05, 0.1) is 13.5 Å². The normalized spacial score (nSPS) is 23.4. The summed E-state index contributed by atoms with van der Waals surface area (Å²) in [6.07, 6.45) is 0.747. The van der Waals surface area contributed by atoms with Crippen molar-refractivity contribution >= 4 is 28.8 Å². The van der Waals surface area contributed by atoms with Gasteiger partial charge in [-0.15, -0.1) is 0 Å². The standard InChI is InChI=1S/C11H18N2O6S/c1-19-9(14)6-8(10(15)16)13-11(17)12-7-2-4-20(18)5-3-7/h7-8H,2-6H2,1H3,(H,15,16)(H2,12,13,17)/t7?,8-,20?/m0/s1. The van der Waals surface area contributed by atoms with Crippen molar-refractivity contribution < 1.29 is 28.4 Å². The maximum Gasteiger partial charge on any atom is 0.326 e. The number of methoxy groups -OCH3 is 1. The van der Waals surface area contributed by atoms with Crippen molar-refractivity contribution in [2.45, 2.75) is 31.3 Å². The van der Waals surface area contributed by atoms with Crippen LogP contribution in [0.25, 0.3) is 0 Å². The molecule has 0 saturated carbocycles. The van der Waals surface area contributed by atoms with E-state index in [9.17, 15) is 18.6 Å². The van der Waals surface area contributed by atoms with Gasteiger partial charge >= 0.3 is 18.0 Å². The second kappa shape index (κ2) is 7.83. The number of esters is 1. The fourth-order valence-corrected chi connectivity index (χ4v) is 3.07. The molecule has 0 aromatic heterocycles. The molecule has 1 aliphatic rings. The first-order chi connectivity index (χ1) is 9.42. The number of hydrogen-bond donors (Lipinski definition) is 3. The van der Waals surface area contributed by atoms with Crippen molar-refractivity contribution in [3.8, 4) is 0 Å². The molecule has 2 amide bonds. The lowest BCUT2D eigenvalue weighted by Crippen LogP contribution is -2.50. The topological polar surface area (TPSA) is 122 Å². The molecule has 9 heteroatoms. The van der Waals surface area contributed by atoms with Crippen molar-refractivity contribution in [1.29, 1.82) is 0 Å². The third kappa shape index (κ3) is 5.55. The molecule has 0 radical (unpaired) electrons. The summed E-state index contributed by atoms with van der Waals surface area (Å²) >= 11 is 0. The van der Waals surface area contributed by atoms with Gasteiger partial charge in [0.25, 0.3) is 0 Å². The Hall–Kier alpha value is -1.64. The largest absolute Gasteiger partial charge is 0.480 e. The monoisotopic (exact) mass is 306 g/mol. The summed E-state index contributed by atoms with van der Waals surface area (Å²) in [6, 6.07) is -2.11. The zero-order valence-electron chi connectivity index (χ0n) is 11.1. The predicted octanol–water partition coefficient (Wildman–Crippen LogP) is -0.787. The Morgan fingerprint density at radius 1 is 1.35 bits per heavy atom. The van der Waals surface area contributed by atoms with Crippen molar-refractivity contribution in [3.63, 3.8) is 0 Å². The van der Waals surface area contributed by atoms with Crippen LogP contribution >= 0.6 is 0 Å². The summed E-state index contributed by atoms with van der Waals surface area (Å²) in [6.45, 7) is 0. The summed E-state index contributed by atoms with van der Waals surface area (Å²) in [4.78, 5) is 33.6. The van der Waals surface area contributed by atoms with Crippen LogP contribution in [0.15, 0.2) is 0 Å². The van der Waals surface area contributed by atoms with Gasteiger partial charge in [0.15, 0.2) is 0 Å². The Labute approximate surface area is 118 Å². The third-order valence-corrected chi connectivity index (χ3v) is 4.31. The highest BCUT2D eigenvalue weighted by atomic mass is 32.2. The molecular weight excluding hydrogens is 288 g/mol. The Morgan fingerprint density at radius 3 is 2.45 bits per heavy atom. The van der Waals surface area contributed by atoms with E-state index in [1.807, 2.05) is 0 Å². The molecule has 0 aliphatic carbocycles. The lowest BCUT2D eigenvalue weighted by Gasteiger charge is -2.23. The zero-order chi connectivity index (χ0) is 15.1. The highest BCUT2D eigenvalue weighted by Gasteiger charge is 2.25. The van der Waals surface area contributed by atoms with Gasteiger partial charge in [-0.05, 0) is 12.8 Å². The van der Waals surface area contributed by atoms with Crippen LogP contribution < -0.4 is 10.6 Å². The van der Waals surface area contributed by atoms with E-state index in [0.29, 0.717) is 24.3 Å². The van der Waals surface area contributed by atoms with Gasteiger partial charge in [0, 0.05) is 28.3 Å². The van der Waals surface area contributed by atoms with Gasteiger partial charge < -0.3 is 20.5 Å². The first-order valence-electron chi connectivity index (χ1n) is 6.14. The minimum Gasteiger partial charge on any atom is -0.480 e. The summed E-state index contributed by atoms with van der Waals surface area (Å²) < 4.78 is 15.5. The summed E-state index contributed by atoms with van der Waals surface area (Å²) in [5, 5.41) is 13.7. The average molecular weight is 306 g/mol. The molecule has 8 nitrogen and oxygen atoms in total. The molecule has 0 aromatic carbocycles. The number of carbonyl (C=O) groups excluding carboxylic acids is 2. The van der Waals surface area contributed by atoms with E-state index in [0.717, 1.165) is 7.11 Å². The molecule has 0 bridgehead atoms. The fourth-order valence-electron chi connectivity index (χ4n) is 1.77. The van der Waals surface area contributed by atoms with Crippen LogP contribution in [-0.2, 0) is 25.1 Å². The van der Waals surface area contributed by atoms with E-state index in [1.165, 1.54) is 0 Å². The van der Waals surface area contributed by atoms with Gasteiger partial charge in [-0.3, -0.25) is 9.00 Å². The summed E-state index contributed by atoms with van der Waals surface area (Å²) in [5.74, 6) is -0.980. The molecule has 3 N–H and O–H groups in total. The van der Waals surface area contributed by atoms with Crippen LogP contribution in [0.1, 0.15) is 19.3 Å². The van der Waals surface area contributed by atoms with E-state index < -0.39 is 41.2 Å². The SMILES string of the molecule is COC(=O)C[C@H](NC(=O)NC1CCS(=O)CC1)C(=O)O. The molecule has 114 valence electrons. The first kappa shape index (κ1) is 16.4. The van der Waals surface area contributed by atoms with E-state index in [-0.39, 0.29) is 6.04 Å². The molecule has 0 spiro atoms. The van der Waals surface area contributed by atoms with Crippen LogP contribution in [0, 0.1) is 0 Å².